The van der Waals surface area contributed by atoms with Gasteiger partial charge in [0.2, 0.25) is 0 Å². The van der Waals surface area contributed by atoms with Gasteiger partial charge in [0, 0.05) is 9.77 Å². The number of rotatable bonds is 0. The molecule has 2 aromatic heterocycles. The van der Waals surface area contributed by atoms with Crippen molar-refractivity contribution in [2.75, 3.05) is 0 Å². The molecule has 0 amide bonds. The quantitative estimate of drug-likeness (QED) is 0.664. The highest BCUT2D eigenvalue weighted by molar-refractivity contribution is 14.1. The van der Waals surface area contributed by atoms with Crippen LogP contribution in [0.1, 0.15) is 0 Å². The van der Waals surface area contributed by atoms with E-state index in [2.05, 4.69) is 27.7 Å². The molecule has 0 radical (unpaired) electrons. The Balaban J connectivity index is 2.87. The van der Waals surface area contributed by atoms with Crippen LogP contribution in [0.3, 0.4) is 0 Å². The normalized spacial score (nSPS) is 10.7. The first-order valence-corrected chi connectivity index (χ1v) is 4.13. The standard InChI is InChI=1S/C7H4FIN2/c8-6-4-10-11-2-1-5(9)3-7(6)11/h1-4H. The molecule has 0 atom stereocenters. The third-order valence-corrected chi connectivity index (χ3v) is 2.11. The molecule has 0 aromatic carbocycles. The first-order valence-electron chi connectivity index (χ1n) is 3.06. The summed E-state index contributed by atoms with van der Waals surface area (Å²) in [6, 6.07) is 3.63. The average molecular weight is 262 g/mol. The SMILES string of the molecule is Fc1cnn2ccc(I)cc12. The molecule has 0 bridgehead atoms. The van der Waals surface area contributed by atoms with Gasteiger partial charge in [0.1, 0.15) is 5.52 Å². The van der Waals surface area contributed by atoms with Gasteiger partial charge in [-0.05, 0) is 34.7 Å². The second kappa shape index (κ2) is 2.44. The minimum absolute atomic E-state index is 0.275. The summed E-state index contributed by atoms with van der Waals surface area (Å²) < 4.78 is 15.4. The fourth-order valence-electron chi connectivity index (χ4n) is 0.925. The van der Waals surface area contributed by atoms with Crippen LogP contribution in [-0.2, 0) is 0 Å². The summed E-state index contributed by atoms with van der Waals surface area (Å²) >= 11 is 2.13. The predicted molar refractivity (Wildman–Crippen MR) is 47.9 cm³/mol. The van der Waals surface area contributed by atoms with Crippen LogP contribution in [-0.4, -0.2) is 9.61 Å². The van der Waals surface area contributed by atoms with Gasteiger partial charge in [-0.25, -0.2) is 8.91 Å². The summed E-state index contributed by atoms with van der Waals surface area (Å²) in [4.78, 5) is 0. The summed E-state index contributed by atoms with van der Waals surface area (Å²) in [6.45, 7) is 0. The minimum Gasteiger partial charge on any atom is -0.238 e. The van der Waals surface area contributed by atoms with Crippen molar-refractivity contribution in [3.8, 4) is 0 Å². The summed E-state index contributed by atoms with van der Waals surface area (Å²) in [5.74, 6) is -0.275. The van der Waals surface area contributed by atoms with Gasteiger partial charge >= 0.3 is 0 Å². The molecular formula is C7H4FIN2. The Morgan fingerprint density at radius 2 is 2.36 bits per heavy atom. The molecule has 4 heteroatoms. The Kier molecular flexibility index (Phi) is 1.56. The third kappa shape index (κ3) is 1.11. The molecule has 0 saturated carbocycles. The van der Waals surface area contributed by atoms with Gasteiger partial charge in [0.05, 0.1) is 6.20 Å². The lowest BCUT2D eigenvalue weighted by molar-refractivity contribution is 0.639. The monoisotopic (exact) mass is 262 g/mol. The Labute approximate surface area is 76.2 Å². The van der Waals surface area contributed by atoms with Crippen molar-refractivity contribution < 1.29 is 4.39 Å². The molecule has 0 aliphatic rings. The molecule has 0 aliphatic heterocycles. The van der Waals surface area contributed by atoms with E-state index in [1.54, 1.807) is 12.3 Å². The predicted octanol–water partition coefficient (Wildman–Crippen LogP) is 2.08. The maximum atomic E-state index is 12.8. The fraction of sp³-hybridized carbons (Fsp3) is 0. The van der Waals surface area contributed by atoms with Crippen LogP contribution in [0.4, 0.5) is 4.39 Å². The second-order valence-electron chi connectivity index (χ2n) is 2.17. The molecule has 0 saturated heterocycles. The number of pyridine rings is 1. The molecule has 0 spiro atoms. The van der Waals surface area contributed by atoms with Crippen molar-refractivity contribution in [3.05, 3.63) is 33.9 Å². The van der Waals surface area contributed by atoms with Gasteiger partial charge in [-0.3, -0.25) is 0 Å². The first-order chi connectivity index (χ1) is 5.27. The van der Waals surface area contributed by atoms with E-state index in [9.17, 15) is 4.39 Å². The van der Waals surface area contributed by atoms with E-state index in [4.69, 9.17) is 0 Å². The maximum absolute atomic E-state index is 12.8. The van der Waals surface area contributed by atoms with Crippen molar-refractivity contribution in [2.45, 2.75) is 0 Å². The Morgan fingerprint density at radius 3 is 3.18 bits per heavy atom. The summed E-state index contributed by atoms with van der Waals surface area (Å²) in [6.07, 6.45) is 2.95. The number of fused-ring (bicyclic) bond motifs is 1. The molecule has 0 unspecified atom stereocenters. The van der Waals surface area contributed by atoms with Crippen molar-refractivity contribution in [3.63, 3.8) is 0 Å². The van der Waals surface area contributed by atoms with Crippen molar-refractivity contribution >= 4 is 28.1 Å². The van der Waals surface area contributed by atoms with Crippen LogP contribution in [0.5, 0.6) is 0 Å². The zero-order valence-electron chi connectivity index (χ0n) is 5.46. The lowest BCUT2D eigenvalue weighted by Gasteiger charge is -1.92. The van der Waals surface area contributed by atoms with Crippen molar-refractivity contribution in [1.82, 2.24) is 9.61 Å². The van der Waals surface area contributed by atoms with Gasteiger partial charge in [-0.1, -0.05) is 0 Å². The number of aromatic nitrogens is 2. The van der Waals surface area contributed by atoms with Crippen LogP contribution in [0.2, 0.25) is 0 Å². The van der Waals surface area contributed by atoms with Crippen molar-refractivity contribution in [2.24, 2.45) is 0 Å². The number of hydrogen-bond acceptors (Lipinski definition) is 1. The van der Waals surface area contributed by atoms with Crippen molar-refractivity contribution in [1.29, 1.82) is 0 Å². The largest absolute Gasteiger partial charge is 0.238 e. The highest BCUT2D eigenvalue weighted by atomic mass is 127. The molecule has 0 N–H and O–H groups in total. The highest BCUT2D eigenvalue weighted by Gasteiger charge is 2.01. The molecular weight excluding hydrogens is 258 g/mol. The van der Waals surface area contributed by atoms with E-state index in [0.29, 0.717) is 5.52 Å². The molecule has 2 aromatic rings. The zero-order chi connectivity index (χ0) is 7.84. The topological polar surface area (TPSA) is 17.3 Å². The van der Waals surface area contributed by atoms with E-state index in [1.807, 2.05) is 6.07 Å². The Bertz CT molecular complexity index is 396. The Morgan fingerprint density at radius 1 is 1.55 bits per heavy atom. The Hall–Kier alpha value is -0.650. The van der Waals surface area contributed by atoms with E-state index < -0.39 is 0 Å². The van der Waals surface area contributed by atoms with E-state index in [-0.39, 0.29) is 5.82 Å². The van der Waals surface area contributed by atoms with Gasteiger partial charge < -0.3 is 0 Å². The average Bonchev–Trinajstić information content (AvgIpc) is 2.33. The molecule has 2 nitrogen and oxygen atoms in total. The number of halogens is 2. The molecule has 56 valence electrons. The smallest absolute Gasteiger partial charge is 0.168 e. The summed E-state index contributed by atoms with van der Waals surface area (Å²) in [7, 11) is 0. The van der Waals surface area contributed by atoms with Gasteiger partial charge in [-0.2, -0.15) is 5.10 Å². The van der Waals surface area contributed by atoms with Crippen LogP contribution in [0.15, 0.2) is 24.5 Å². The summed E-state index contributed by atoms with van der Waals surface area (Å²) in [5, 5.41) is 3.80. The first kappa shape index (κ1) is 7.02. The van der Waals surface area contributed by atoms with Gasteiger partial charge in [0.25, 0.3) is 0 Å². The second-order valence-corrected chi connectivity index (χ2v) is 3.41. The number of hydrogen-bond donors (Lipinski definition) is 0. The van der Waals surface area contributed by atoms with Crippen LogP contribution in [0.25, 0.3) is 5.52 Å². The molecule has 2 heterocycles. The molecule has 11 heavy (non-hydrogen) atoms. The summed E-state index contributed by atoms with van der Waals surface area (Å²) in [5.41, 5.74) is 0.525. The lowest BCUT2D eigenvalue weighted by Crippen LogP contribution is -1.85. The molecule has 0 fully saturated rings. The lowest BCUT2D eigenvalue weighted by atomic mass is 10.4. The van der Waals surface area contributed by atoms with Gasteiger partial charge in [-0.15, -0.1) is 0 Å². The molecule has 2 rings (SSSR count). The van der Waals surface area contributed by atoms with E-state index >= 15 is 0 Å². The number of nitrogens with zero attached hydrogens (tertiary/aromatic N) is 2. The van der Waals surface area contributed by atoms with Crippen LogP contribution in [0, 0.1) is 9.39 Å². The zero-order valence-corrected chi connectivity index (χ0v) is 7.62. The molecule has 0 aliphatic carbocycles. The maximum Gasteiger partial charge on any atom is 0.168 e. The van der Waals surface area contributed by atoms with E-state index in [0.717, 1.165) is 3.57 Å². The van der Waals surface area contributed by atoms with E-state index in [1.165, 1.54) is 10.7 Å². The minimum atomic E-state index is -0.275. The fourth-order valence-corrected chi connectivity index (χ4v) is 1.38. The van der Waals surface area contributed by atoms with Crippen LogP contribution >= 0.6 is 22.6 Å². The van der Waals surface area contributed by atoms with Gasteiger partial charge in [0.15, 0.2) is 5.82 Å². The highest BCUT2D eigenvalue weighted by Crippen LogP contribution is 2.11. The third-order valence-electron chi connectivity index (χ3n) is 1.44. The van der Waals surface area contributed by atoms with Crippen LogP contribution < -0.4 is 0 Å².